The number of thiol groups is 1. The highest BCUT2D eigenvalue weighted by atomic mass is 32.1. The molecule has 0 N–H and O–H groups in total. The van der Waals surface area contributed by atoms with Gasteiger partial charge in [0.1, 0.15) is 0 Å². The molecule has 1 heteroatoms. The van der Waals surface area contributed by atoms with E-state index >= 15 is 0 Å². The Kier molecular flexibility index (Phi) is 49.5. The first-order chi connectivity index (χ1) is 9.05. The van der Waals surface area contributed by atoms with Gasteiger partial charge in [-0.1, -0.05) is 42.5 Å². The summed E-state index contributed by atoms with van der Waals surface area (Å²) in [6.07, 6.45) is 7.00. The highest BCUT2D eigenvalue weighted by Crippen LogP contribution is 2.00. The predicted molar refractivity (Wildman–Crippen MR) is 97.2 cm³/mol. The van der Waals surface area contributed by atoms with E-state index in [2.05, 4.69) is 38.9 Å². The molecule has 0 aliphatic heterocycles. The van der Waals surface area contributed by atoms with E-state index in [9.17, 15) is 0 Å². The molecule has 0 heterocycles. The van der Waals surface area contributed by atoms with Crippen molar-refractivity contribution in [1.29, 1.82) is 0 Å². The second kappa shape index (κ2) is 36.0. The summed E-state index contributed by atoms with van der Waals surface area (Å²) >= 11 is 4.08. The zero-order valence-electron chi connectivity index (χ0n) is 13.0. The molecule has 0 fully saturated rings. The van der Waals surface area contributed by atoms with Gasteiger partial charge in [-0.25, -0.2) is 0 Å². The molecule has 1 rings (SSSR count). The van der Waals surface area contributed by atoms with Crippen LogP contribution in [0.25, 0.3) is 0 Å². The molecule has 1 aromatic carbocycles. The van der Waals surface area contributed by atoms with Gasteiger partial charge in [-0.3, -0.25) is 0 Å². The molecule has 0 aliphatic carbocycles. The summed E-state index contributed by atoms with van der Waals surface area (Å²) in [5.74, 6) is 0. The first kappa shape index (κ1) is 26.2. The molecule has 1 aromatic rings. The third-order valence-corrected chi connectivity index (χ3v) is 1.05. The van der Waals surface area contributed by atoms with Gasteiger partial charge >= 0.3 is 0 Å². The van der Waals surface area contributed by atoms with E-state index in [1.165, 1.54) is 0 Å². The van der Waals surface area contributed by atoms with Crippen LogP contribution in [0.5, 0.6) is 0 Å². The van der Waals surface area contributed by atoms with Gasteiger partial charge < -0.3 is 0 Å². The fourth-order valence-electron chi connectivity index (χ4n) is 0.428. The molecule has 0 saturated carbocycles. The standard InChI is InChI=1S/C6H6S.4C3H6/c7-6-4-2-1-3-5-6;4*1-3-2/h1-5,7H;4*3H,1H2,2H3. The normalized spacial score (nSPS) is 5.95. The van der Waals surface area contributed by atoms with Crippen LogP contribution >= 0.6 is 12.6 Å². The summed E-state index contributed by atoms with van der Waals surface area (Å²) in [5.41, 5.74) is 0. The Morgan fingerprint density at radius 3 is 1.00 bits per heavy atom. The highest BCUT2D eigenvalue weighted by Gasteiger charge is 1.73. The Bertz CT molecular complexity index is 249. The minimum Gasteiger partial charge on any atom is -0.143 e. The Labute approximate surface area is 126 Å². The van der Waals surface area contributed by atoms with Crippen LogP contribution in [0.3, 0.4) is 0 Å². The van der Waals surface area contributed by atoms with Crippen LogP contribution < -0.4 is 0 Å². The maximum atomic E-state index is 4.08. The van der Waals surface area contributed by atoms with Crippen LogP contribution in [-0.2, 0) is 0 Å². The Morgan fingerprint density at radius 1 is 0.684 bits per heavy atom. The first-order valence-corrected chi connectivity index (χ1v) is 6.52. The molecule has 0 spiro atoms. The zero-order chi connectivity index (χ0) is 15.9. The van der Waals surface area contributed by atoms with Crippen LogP contribution in [-0.4, -0.2) is 0 Å². The maximum absolute atomic E-state index is 4.08. The molecule has 0 nitrogen and oxygen atoms in total. The van der Waals surface area contributed by atoms with Gasteiger partial charge in [0.05, 0.1) is 0 Å². The van der Waals surface area contributed by atoms with Crippen molar-refractivity contribution in [2.45, 2.75) is 32.6 Å². The van der Waals surface area contributed by atoms with E-state index in [4.69, 9.17) is 0 Å². The number of benzene rings is 1. The summed E-state index contributed by atoms with van der Waals surface area (Å²) in [5, 5.41) is 0. The van der Waals surface area contributed by atoms with E-state index in [0.717, 1.165) is 4.90 Å². The second-order valence-electron chi connectivity index (χ2n) is 2.97. The minimum absolute atomic E-state index is 1.02. The van der Waals surface area contributed by atoms with Crippen LogP contribution in [0.2, 0.25) is 0 Å². The van der Waals surface area contributed by atoms with Crippen LogP contribution in [0.4, 0.5) is 0 Å². The molecule has 0 aliphatic rings. The monoisotopic (exact) mass is 278 g/mol. The first-order valence-electron chi connectivity index (χ1n) is 6.08. The van der Waals surface area contributed by atoms with Crippen molar-refractivity contribution >= 4 is 12.6 Å². The largest absolute Gasteiger partial charge is 0.143 e. The maximum Gasteiger partial charge on any atom is 0.00399 e. The van der Waals surface area contributed by atoms with Crippen LogP contribution in [0.15, 0.2) is 85.8 Å². The Morgan fingerprint density at radius 2 is 0.895 bits per heavy atom. The van der Waals surface area contributed by atoms with Gasteiger partial charge in [0.15, 0.2) is 0 Å². The van der Waals surface area contributed by atoms with Crippen molar-refractivity contribution in [3.63, 3.8) is 0 Å². The van der Waals surface area contributed by atoms with Gasteiger partial charge in [0.25, 0.3) is 0 Å². The molecule has 0 unspecified atom stereocenters. The summed E-state index contributed by atoms with van der Waals surface area (Å²) in [6, 6.07) is 9.79. The highest BCUT2D eigenvalue weighted by molar-refractivity contribution is 7.80. The second-order valence-corrected chi connectivity index (χ2v) is 3.48. The molecule has 0 amide bonds. The number of hydrogen-bond donors (Lipinski definition) is 1. The lowest BCUT2D eigenvalue weighted by atomic mass is 10.4. The third kappa shape index (κ3) is 81.8. The fraction of sp³-hybridized carbons (Fsp3) is 0.222. The average molecular weight is 279 g/mol. The van der Waals surface area contributed by atoms with E-state index in [1.54, 1.807) is 24.3 Å². The van der Waals surface area contributed by atoms with E-state index in [1.807, 2.05) is 58.0 Å². The van der Waals surface area contributed by atoms with E-state index in [0.29, 0.717) is 0 Å². The number of allylic oxidation sites excluding steroid dienone is 4. The Balaban J connectivity index is -0.0000000812. The van der Waals surface area contributed by atoms with Gasteiger partial charge in [-0.2, -0.15) is 0 Å². The van der Waals surface area contributed by atoms with Gasteiger partial charge in [-0.05, 0) is 39.8 Å². The fourth-order valence-corrected chi connectivity index (χ4v) is 0.600. The molecule has 0 radical (unpaired) electrons. The predicted octanol–water partition coefficient (Wildman–Crippen LogP) is 6.74. The summed E-state index contributed by atoms with van der Waals surface area (Å²) in [7, 11) is 0. The van der Waals surface area contributed by atoms with Crippen molar-refractivity contribution in [2.75, 3.05) is 0 Å². The molecule has 108 valence electrons. The lowest BCUT2D eigenvalue weighted by molar-refractivity contribution is 1.48. The number of rotatable bonds is 0. The summed E-state index contributed by atoms with van der Waals surface area (Å²) in [6.45, 7) is 21.0. The average Bonchev–Trinajstić information content (AvgIpc) is 2.34. The summed E-state index contributed by atoms with van der Waals surface area (Å²) < 4.78 is 0. The molecule has 19 heavy (non-hydrogen) atoms. The van der Waals surface area contributed by atoms with Crippen molar-refractivity contribution in [1.82, 2.24) is 0 Å². The van der Waals surface area contributed by atoms with E-state index < -0.39 is 0 Å². The summed E-state index contributed by atoms with van der Waals surface area (Å²) in [4.78, 5) is 1.02. The molecule has 0 atom stereocenters. The molecular weight excluding hydrogens is 248 g/mol. The molecule has 0 saturated heterocycles. The van der Waals surface area contributed by atoms with Gasteiger partial charge in [0, 0.05) is 4.90 Å². The molecule has 0 aromatic heterocycles. The van der Waals surface area contributed by atoms with Crippen molar-refractivity contribution in [3.8, 4) is 0 Å². The van der Waals surface area contributed by atoms with Crippen molar-refractivity contribution < 1.29 is 0 Å². The lowest BCUT2D eigenvalue weighted by Crippen LogP contribution is -1.56. The van der Waals surface area contributed by atoms with Crippen molar-refractivity contribution in [3.05, 3.63) is 81.0 Å². The topological polar surface area (TPSA) is 0 Å². The number of hydrogen-bond acceptors (Lipinski definition) is 1. The lowest BCUT2D eigenvalue weighted by Gasteiger charge is -1.81. The third-order valence-electron chi connectivity index (χ3n) is 0.756. The Hall–Kier alpha value is -1.47. The minimum atomic E-state index is 1.02. The van der Waals surface area contributed by atoms with Gasteiger partial charge in [-0.15, -0.1) is 38.9 Å². The quantitative estimate of drug-likeness (QED) is 0.394. The molecular formula is C18H30S. The van der Waals surface area contributed by atoms with Crippen LogP contribution in [0, 0.1) is 0 Å². The smallest absolute Gasteiger partial charge is 0.00399 e. The van der Waals surface area contributed by atoms with Gasteiger partial charge in [0.2, 0.25) is 0 Å². The zero-order valence-corrected chi connectivity index (χ0v) is 13.9. The molecule has 0 bridgehead atoms. The SMILES string of the molecule is C=CC.C=CC.C=CC.C=CC.Sc1ccccc1. The van der Waals surface area contributed by atoms with Crippen molar-refractivity contribution in [2.24, 2.45) is 0 Å². The van der Waals surface area contributed by atoms with E-state index in [-0.39, 0.29) is 0 Å². The van der Waals surface area contributed by atoms with Crippen LogP contribution in [0.1, 0.15) is 27.7 Å².